The summed E-state index contributed by atoms with van der Waals surface area (Å²) in [5.41, 5.74) is 3.24. The fourth-order valence-electron chi connectivity index (χ4n) is 4.72. The van der Waals surface area contributed by atoms with E-state index in [4.69, 9.17) is 0 Å². The number of nitrogens with zero attached hydrogens (tertiary/aromatic N) is 2. The van der Waals surface area contributed by atoms with Crippen molar-refractivity contribution >= 4 is 17.5 Å². The number of likely N-dealkylation sites (N-methyl/N-ethyl adjacent to an activating group) is 1. The van der Waals surface area contributed by atoms with E-state index < -0.39 is 0 Å². The third-order valence-electron chi connectivity index (χ3n) is 6.40. The van der Waals surface area contributed by atoms with Crippen molar-refractivity contribution in [1.82, 2.24) is 9.80 Å². The van der Waals surface area contributed by atoms with Crippen LogP contribution < -0.4 is 5.32 Å². The summed E-state index contributed by atoms with van der Waals surface area (Å²) in [5.74, 6) is 1.72. The van der Waals surface area contributed by atoms with E-state index in [9.17, 15) is 9.59 Å². The molecule has 1 aromatic carbocycles. The second-order valence-corrected chi connectivity index (χ2v) is 8.78. The van der Waals surface area contributed by atoms with E-state index in [1.54, 1.807) is 0 Å². The molecule has 5 heteroatoms. The van der Waals surface area contributed by atoms with E-state index in [2.05, 4.69) is 30.1 Å². The highest BCUT2D eigenvalue weighted by atomic mass is 16.2. The van der Waals surface area contributed by atoms with Gasteiger partial charge in [-0.1, -0.05) is 32.0 Å². The minimum absolute atomic E-state index is 0.0387. The Morgan fingerprint density at radius 2 is 2.00 bits per heavy atom. The number of carbonyl (C=O) groups is 2. The van der Waals surface area contributed by atoms with Crippen molar-refractivity contribution in [3.63, 3.8) is 0 Å². The molecule has 148 valence electrons. The molecule has 1 saturated carbocycles. The molecule has 3 atom stereocenters. The third kappa shape index (κ3) is 4.34. The zero-order valence-electron chi connectivity index (χ0n) is 17.3. The number of hydrogen-bond donors (Lipinski definition) is 1. The SMILES string of the molecule is Cc1cccc(C(C)C)c1NC(=O)CN(C)[C@@H]1C[C@@H]2CC(=O)N(C)C[C@@H]2C1. The van der Waals surface area contributed by atoms with Gasteiger partial charge in [-0.2, -0.15) is 0 Å². The average molecular weight is 372 g/mol. The van der Waals surface area contributed by atoms with E-state index in [1.165, 1.54) is 5.56 Å². The van der Waals surface area contributed by atoms with Gasteiger partial charge in [-0.05, 0) is 55.7 Å². The highest BCUT2D eigenvalue weighted by Gasteiger charge is 2.41. The van der Waals surface area contributed by atoms with Crippen LogP contribution in [0, 0.1) is 18.8 Å². The van der Waals surface area contributed by atoms with Gasteiger partial charge in [0.05, 0.1) is 6.54 Å². The number of amides is 2. The highest BCUT2D eigenvalue weighted by Crippen LogP contribution is 2.40. The van der Waals surface area contributed by atoms with Gasteiger partial charge in [-0.15, -0.1) is 0 Å². The topological polar surface area (TPSA) is 52.7 Å². The average Bonchev–Trinajstić information content (AvgIpc) is 2.99. The second kappa shape index (κ2) is 8.01. The van der Waals surface area contributed by atoms with Gasteiger partial charge in [-0.25, -0.2) is 0 Å². The summed E-state index contributed by atoms with van der Waals surface area (Å²) in [6, 6.07) is 6.56. The smallest absolute Gasteiger partial charge is 0.238 e. The van der Waals surface area contributed by atoms with Crippen LogP contribution in [0.2, 0.25) is 0 Å². The molecule has 1 aliphatic carbocycles. The molecule has 0 radical (unpaired) electrons. The highest BCUT2D eigenvalue weighted by molar-refractivity contribution is 5.94. The van der Waals surface area contributed by atoms with Crippen molar-refractivity contribution < 1.29 is 9.59 Å². The summed E-state index contributed by atoms with van der Waals surface area (Å²) in [5, 5.41) is 3.15. The molecule has 1 saturated heterocycles. The van der Waals surface area contributed by atoms with E-state index in [-0.39, 0.29) is 11.8 Å². The van der Waals surface area contributed by atoms with Gasteiger partial charge in [0.15, 0.2) is 0 Å². The number of aryl methyl sites for hydroxylation is 1. The van der Waals surface area contributed by atoms with Gasteiger partial charge < -0.3 is 10.2 Å². The van der Waals surface area contributed by atoms with Crippen molar-refractivity contribution in [3.8, 4) is 0 Å². The van der Waals surface area contributed by atoms with Crippen molar-refractivity contribution in [2.75, 3.05) is 32.5 Å². The Balaban J connectivity index is 1.60. The van der Waals surface area contributed by atoms with Gasteiger partial charge in [0.2, 0.25) is 11.8 Å². The molecule has 27 heavy (non-hydrogen) atoms. The predicted octanol–water partition coefficient (Wildman–Crippen LogP) is 3.25. The molecule has 2 fully saturated rings. The molecule has 1 heterocycles. The first-order valence-electron chi connectivity index (χ1n) is 10.1. The van der Waals surface area contributed by atoms with Gasteiger partial charge >= 0.3 is 0 Å². The third-order valence-corrected chi connectivity index (χ3v) is 6.40. The number of anilines is 1. The number of para-hydroxylation sites is 1. The first-order valence-corrected chi connectivity index (χ1v) is 10.1. The molecule has 3 rings (SSSR count). The lowest BCUT2D eigenvalue weighted by Crippen LogP contribution is -2.40. The lowest BCUT2D eigenvalue weighted by Gasteiger charge is -2.31. The summed E-state index contributed by atoms with van der Waals surface area (Å²) in [6.45, 7) is 7.59. The van der Waals surface area contributed by atoms with Crippen molar-refractivity contribution in [2.24, 2.45) is 11.8 Å². The first-order chi connectivity index (χ1) is 12.8. The molecule has 0 aromatic heterocycles. The summed E-state index contributed by atoms with van der Waals surface area (Å²) in [6.07, 6.45) is 2.77. The van der Waals surface area contributed by atoms with E-state index in [1.807, 2.05) is 38.1 Å². The largest absolute Gasteiger partial charge is 0.345 e. The Morgan fingerprint density at radius 3 is 2.70 bits per heavy atom. The zero-order chi connectivity index (χ0) is 19.7. The van der Waals surface area contributed by atoms with Crippen LogP contribution in [0.25, 0.3) is 0 Å². The van der Waals surface area contributed by atoms with Crippen molar-refractivity contribution in [1.29, 1.82) is 0 Å². The maximum absolute atomic E-state index is 12.7. The van der Waals surface area contributed by atoms with Gasteiger partial charge in [-0.3, -0.25) is 14.5 Å². The van der Waals surface area contributed by atoms with Gasteiger partial charge in [0.1, 0.15) is 0 Å². The predicted molar refractivity (Wildman–Crippen MR) is 109 cm³/mol. The van der Waals surface area contributed by atoms with Gasteiger partial charge in [0, 0.05) is 31.7 Å². The number of nitrogens with one attached hydrogen (secondary N) is 1. The number of benzene rings is 1. The number of piperidine rings is 1. The Bertz CT molecular complexity index is 716. The molecular weight excluding hydrogens is 338 g/mol. The Morgan fingerprint density at radius 1 is 1.30 bits per heavy atom. The molecule has 5 nitrogen and oxygen atoms in total. The van der Waals surface area contributed by atoms with Crippen molar-refractivity contribution in [2.45, 2.75) is 52.0 Å². The Kier molecular flexibility index (Phi) is 5.89. The van der Waals surface area contributed by atoms with Crippen LogP contribution in [0.4, 0.5) is 5.69 Å². The second-order valence-electron chi connectivity index (χ2n) is 8.78. The van der Waals surface area contributed by atoms with Crippen LogP contribution in [0.5, 0.6) is 0 Å². The van der Waals surface area contributed by atoms with Crippen LogP contribution >= 0.6 is 0 Å². The van der Waals surface area contributed by atoms with E-state index >= 15 is 0 Å². The summed E-state index contributed by atoms with van der Waals surface area (Å²) < 4.78 is 0. The number of carbonyl (C=O) groups excluding carboxylic acids is 2. The maximum Gasteiger partial charge on any atom is 0.238 e. The molecular formula is C22H33N3O2. The molecule has 1 aliphatic heterocycles. The molecule has 0 unspecified atom stereocenters. The fraction of sp³-hybridized carbons (Fsp3) is 0.636. The standard InChI is InChI=1S/C22H33N3O2/c1-14(2)19-8-6-7-15(3)22(19)23-20(26)13-24(4)18-9-16-11-21(27)25(5)12-17(16)10-18/h6-8,14,16-18H,9-13H2,1-5H3,(H,23,26)/t16-,17+,18-/m1/s1. The van der Waals surface area contributed by atoms with Crippen molar-refractivity contribution in [3.05, 3.63) is 29.3 Å². The van der Waals surface area contributed by atoms with E-state index in [0.29, 0.717) is 36.8 Å². The number of likely N-dealkylation sites (tertiary alicyclic amines) is 1. The quantitative estimate of drug-likeness (QED) is 0.864. The fourth-order valence-corrected chi connectivity index (χ4v) is 4.72. The lowest BCUT2D eigenvalue weighted by molar-refractivity contribution is -0.134. The summed E-state index contributed by atoms with van der Waals surface area (Å²) >= 11 is 0. The molecule has 0 bridgehead atoms. The van der Waals surface area contributed by atoms with Crippen LogP contribution in [-0.2, 0) is 9.59 Å². The minimum atomic E-state index is 0.0387. The molecule has 1 aromatic rings. The monoisotopic (exact) mass is 371 g/mol. The Hall–Kier alpha value is -1.88. The van der Waals surface area contributed by atoms with Crippen LogP contribution in [0.15, 0.2) is 18.2 Å². The zero-order valence-corrected chi connectivity index (χ0v) is 17.3. The summed E-state index contributed by atoms with van der Waals surface area (Å²) in [4.78, 5) is 28.7. The number of rotatable bonds is 5. The maximum atomic E-state index is 12.7. The molecule has 2 aliphatic rings. The first kappa shape index (κ1) is 19.9. The van der Waals surface area contributed by atoms with Crippen LogP contribution in [0.3, 0.4) is 0 Å². The number of hydrogen-bond acceptors (Lipinski definition) is 3. The molecule has 2 amide bonds. The van der Waals surface area contributed by atoms with Gasteiger partial charge in [0.25, 0.3) is 0 Å². The lowest BCUT2D eigenvalue weighted by atomic mass is 9.88. The summed E-state index contributed by atoms with van der Waals surface area (Å²) in [7, 11) is 3.94. The van der Waals surface area contributed by atoms with Crippen LogP contribution in [-0.4, -0.2) is 54.8 Å². The van der Waals surface area contributed by atoms with E-state index in [0.717, 1.165) is 30.6 Å². The van der Waals surface area contributed by atoms with Crippen LogP contribution in [0.1, 0.15) is 50.2 Å². The minimum Gasteiger partial charge on any atom is -0.345 e. The Labute approximate surface area is 163 Å². The molecule has 1 N–H and O–H groups in total. The number of fused-ring (bicyclic) bond motifs is 1. The normalized spacial score (nSPS) is 25.2. The molecule has 0 spiro atoms.